The average Bonchev–Trinajstić information content (AvgIpc) is 2.65. The molecule has 1 unspecified atom stereocenters. The van der Waals surface area contributed by atoms with Gasteiger partial charge in [0.25, 0.3) is 0 Å². The van der Waals surface area contributed by atoms with Crippen LogP contribution in [0.2, 0.25) is 5.02 Å². The predicted octanol–water partition coefficient (Wildman–Crippen LogP) is 3.73. The third kappa shape index (κ3) is 1.93. The molecule has 0 fully saturated rings. The minimum absolute atomic E-state index is 0.114. The highest BCUT2D eigenvalue weighted by atomic mass is 35.5. The van der Waals surface area contributed by atoms with E-state index >= 15 is 0 Å². The van der Waals surface area contributed by atoms with Crippen molar-refractivity contribution in [1.82, 2.24) is 4.57 Å². The van der Waals surface area contributed by atoms with Crippen molar-refractivity contribution in [3.63, 3.8) is 0 Å². The number of para-hydroxylation sites is 1. The van der Waals surface area contributed by atoms with Crippen molar-refractivity contribution < 1.29 is 9.90 Å². The second kappa shape index (κ2) is 4.57. The molecule has 1 aromatic heterocycles. The SMILES string of the molecule is Cn1c2c(c3cccc(Cl)c31)C(CC(=O)O)CCC2. The van der Waals surface area contributed by atoms with Crippen molar-refractivity contribution in [1.29, 1.82) is 0 Å². The number of carbonyl (C=O) groups is 1. The van der Waals surface area contributed by atoms with E-state index < -0.39 is 5.97 Å². The van der Waals surface area contributed by atoms with E-state index in [-0.39, 0.29) is 12.3 Å². The Morgan fingerprint density at radius 2 is 2.32 bits per heavy atom. The van der Waals surface area contributed by atoms with Crippen molar-refractivity contribution in [2.45, 2.75) is 31.6 Å². The average molecular weight is 278 g/mol. The molecule has 0 saturated carbocycles. The van der Waals surface area contributed by atoms with Gasteiger partial charge in [-0.15, -0.1) is 0 Å². The van der Waals surface area contributed by atoms with Crippen molar-refractivity contribution in [2.75, 3.05) is 0 Å². The van der Waals surface area contributed by atoms with E-state index in [1.165, 1.54) is 11.3 Å². The van der Waals surface area contributed by atoms with E-state index in [0.717, 1.165) is 35.2 Å². The van der Waals surface area contributed by atoms with E-state index in [4.69, 9.17) is 16.7 Å². The van der Waals surface area contributed by atoms with Crippen molar-refractivity contribution in [2.24, 2.45) is 7.05 Å². The minimum Gasteiger partial charge on any atom is -0.481 e. The second-order valence-electron chi connectivity index (χ2n) is 5.24. The zero-order valence-corrected chi connectivity index (χ0v) is 11.6. The van der Waals surface area contributed by atoms with Crippen LogP contribution in [0.3, 0.4) is 0 Å². The molecule has 19 heavy (non-hydrogen) atoms. The molecular weight excluding hydrogens is 262 g/mol. The van der Waals surface area contributed by atoms with Crippen LogP contribution in [0.25, 0.3) is 10.9 Å². The number of aliphatic carboxylic acids is 1. The van der Waals surface area contributed by atoms with Crippen LogP contribution < -0.4 is 0 Å². The summed E-state index contributed by atoms with van der Waals surface area (Å²) in [6, 6.07) is 5.89. The fourth-order valence-corrected chi connectivity index (χ4v) is 3.68. The molecule has 1 aliphatic carbocycles. The van der Waals surface area contributed by atoms with Gasteiger partial charge in [-0.2, -0.15) is 0 Å². The van der Waals surface area contributed by atoms with Gasteiger partial charge in [0.05, 0.1) is 17.0 Å². The molecule has 1 aromatic carbocycles. The van der Waals surface area contributed by atoms with Crippen LogP contribution in [-0.2, 0) is 18.3 Å². The summed E-state index contributed by atoms with van der Waals surface area (Å²) < 4.78 is 2.14. The number of benzene rings is 1. The van der Waals surface area contributed by atoms with Crippen molar-refractivity contribution in [3.05, 3.63) is 34.5 Å². The molecule has 2 aromatic rings. The third-order valence-corrected chi connectivity index (χ3v) is 4.43. The van der Waals surface area contributed by atoms with E-state index in [9.17, 15) is 4.79 Å². The number of aromatic nitrogens is 1. The number of carboxylic acids is 1. The monoisotopic (exact) mass is 277 g/mol. The molecule has 1 aliphatic rings. The molecule has 1 atom stereocenters. The van der Waals surface area contributed by atoms with Gasteiger partial charge in [-0.25, -0.2) is 0 Å². The van der Waals surface area contributed by atoms with E-state index in [0.29, 0.717) is 0 Å². The lowest BCUT2D eigenvalue weighted by molar-refractivity contribution is -0.137. The Kier molecular flexibility index (Phi) is 3.02. The number of nitrogens with zero attached hydrogens (tertiary/aromatic N) is 1. The fraction of sp³-hybridized carbons (Fsp3) is 0.400. The van der Waals surface area contributed by atoms with Crippen LogP contribution >= 0.6 is 11.6 Å². The summed E-state index contributed by atoms with van der Waals surface area (Å²) in [5.41, 5.74) is 3.49. The van der Waals surface area contributed by atoms with Gasteiger partial charge < -0.3 is 9.67 Å². The van der Waals surface area contributed by atoms with Crippen LogP contribution in [0, 0.1) is 0 Å². The summed E-state index contributed by atoms with van der Waals surface area (Å²) in [7, 11) is 2.02. The Bertz CT molecular complexity index is 660. The van der Waals surface area contributed by atoms with Gasteiger partial charge in [0.15, 0.2) is 0 Å². The Hall–Kier alpha value is -1.48. The Morgan fingerprint density at radius 1 is 1.53 bits per heavy atom. The lowest BCUT2D eigenvalue weighted by Crippen LogP contribution is -2.14. The first kappa shape index (κ1) is 12.5. The first-order valence-electron chi connectivity index (χ1n) is 6.57. The predicted molar refractivity (Wildman–Crippen MR) is 75.9 cm³/mol. The van der Waals surface area contributed by atoms with Gasteiger partial charge in [-0.05, 0) is 36.8 Å². The summed E-state index contributed by atoms with van der Waals surface area (Å²) in [6.45, 7) is 0. The van der Waals surface area contributed by atoms with Crippen LogP contribution in [0.15, 0.2) is 18.2 Å². The highest BCUT2D eigenvalue weighted by Crippen LogP contribution is 2.41. The number of hydrogen-bond acceptors (Lipinski definition) is 1. The maximum absolute atomic E-state index is 11.1. The lowest BCUT2D eigenvalue weighted by Gasteiger charge is -2.22. The van der Waals surface area contributed by atoms with Crippen molar-refractivity contribution >= 4 is 28.5 Å². The first-order valence-corrected chi connectivity index (χ1v) is 6.95. The lowest BCUT2D eigenvalue weighted by atomic mass is 9.83. The molecule has 0 spiro atoms. The number of carboxylic acid groups (broad SMARTS) is 1. The zero-order chi connectivity index (χ0) is 13.6. The van der Waals surface area contributed by atoms with E-state index in [1.54, 1.807) is 0 Å². The third-order valence-electron chi connectivity index (χ3n) is 4.12. The summed E-state index contributed by atoms with van der Waals surface area (Å²) in [4.78, 5) is 11.1. The fourth-order valence-electron chi connectivity index (χ4n) is 3.38. The summed E-state index contributed by atoms with van der Waals surface area (Å²) in [6.07, 6.45) is 3.21. The largest absolute Gasteiger partial charge is 0.481 e. The molecule has 3 rings (SSSR count). The van der Waals surface area contributed by atoms with Gasteiger partial charge in [0.2, 0.25) is 0 Å². The Balaban J connectivity index is 2.25. The maximum atomic E-state index is 11.1. The summed E-state index contributed by atoms with van der Waals surface area (Å²) >= 11 is 6.30. The van der Waals surface area contributed by atoms with Crippen LogP contribution in [-0.4, -0.2) is 15.6 Å². The normalized spacial score (nSPS) is 18.5. The number of aryl methyl sites for hydroxylation is 1. The molecule has 1 heterocycles. The molecule has 0 amide bonds. The van der Waals surface area contributed by atoms with Crippen LogP contribution in [0.1, 0.15) is 36.4 Å². The molecule has 1 N–H and O–H groups in total. The number of fused-ring (bicyclic) bond motifs is 3. The van der Waals surface area contributed by atoms with Crippen molar-refractivity contribution in [3.8, 4) is 0 Å². The number of hydrogen-bond donors (Lipinski definition) is 1. The zero-order valence-electron chi connectivity index (χ0n) is 10.8. The molecule has 0 aliphatic heterocycles. The molecule has 0 radical (unpaired) electrons. The Labute approximate surface area is 116 Å². The van der Waals surface area contributed by atoms with Gasteiger partial charge in [-0.1, -0.05) is 23.7 Å². The summed E-state index contributed by atoms with van der Waals surface area (Å²) in [5.74, 6) is -0.611. The van der Waals surface area contributed by atoms with Gasteiger partial charge in [0, 0.05) is 18.1 Å². The number of rotatable bonds is 2. The molecule has 4 heteroatoms. The second-order valence-corrected chi connectivity index (χ2v) is 5.65. The van der Waals surface area contributed by atoms with Crippen LogP contribution in [0.4, 0.5) is 0 Å². The maximum Gasteiger partial charge on any atom is 0.303 e. The quantitative estimate of drug-likeness (QED) is 0.909. The highest BCUT2D eigenvalue weighted by Gasteiger charge is 2.28. The molecule has 3 nitrogen and oxygen atoms in total. The van der Waals surface area contributed by atoms with Gasteiger partial charge in [-0.3, -0.25) is 4.79 Å². The van der Waals surface area contributed by atoms with E-state index in [2.05, 4.69) is 10.6 Å². The van der Waals surface area contributed by atoms with E-state index in [1.807, 2.05) is 19.2 Å². The van der Waals surface area contributed by atoms with Gasteiger partial charge >= 0.3 is 5.97 Å². The summed E-state index contributed by atoms with van der Waals surface area (Å²) in [5, 5.41) is 11.0. The molecular formula is C15H16ClNO2. The standard InChI is InChI=1S/C15H16ClNO2/c1-17-12-7-2-4-9(8-13(18)19)14(12)10-5-3-6-11(16)15(10)17/h3,5-6,9H,2,4,7-8H2,1H3,(H,18,19). The first-order chi connectivity index (χ1) is 9.09. The van der Waals surface area contributed by atoms with Crippen LogP contribution in [0.5, 0.6) is 0 Å². The highest BCUT2D eigenvalue weighted by molar-refractivity contribution is 6.35. The Morgan fingerprint density at radius 3 is 3.05 bits per heavy atom. The minimum atomic E-state index is -0.725. The number of halogens is 1. The molecule has 0 saturated heterocycles. The van der Waals surface area contributed by atoms with Gasteiger partial charge in [0.1, 0.15) is 0 Å². The topological polar surface area (TPSA) is 42.2 Å². The molecule has 0 bridgehead atoms. The smallest absolute Gasteiger partial charge is 0.303 e. The molecule has 100 valence electrons.